The number of fused-ring (bicyclic) bond motifs is 1. The highest BCUT2D eigenvalue weighted by Gasteiger charge is 2.22. The van der Waals surface area contributed by atoms with Crippen molar-refractivity contribution in [2.45, 2.75) is 33.0 Å². The summed E-state index contributed by atoms with van der Waals surface area (Å²) in [4.78, 5) is 2.27. The lowest BCUT2D eigenvalue weighted by Crippen LogP contribution is -2.19. The van der Waals surface area contributed by atoms with Crippen LogP contribution in [0.1, 0.15) is 24.5 Å². The Morgan fingerprint density at radius 3 is 2.56 bits per heavy atom. The Hall–Kier alpha value is -1.62. The Labute approximate surface area is 111 Å². The fraction of sp³-hybridized carbons (Fsp3) is 0.385. The van der Waals surface area contributed by atoms with Crippen molar-refractivity contribution in [3.63, 3.8) is 0 Å². The van der Waals surface area contributed by atoms with Gasteiger partial charge in [-0.1, -0.05) is 31.2 Å². The molecule has 0 fully saturated rings. The van der Waals surface area contributed by atoms with Gasteiger partial charge in [0.2, 0.25) is 5.95 Å². The maximum absolute atomic E-state index is 5.28. The van der Waals surface area contributed by atoms with Crippen LogP contribution in [0, 0.1) is 4.77 Å². The molecule has 1 aromatic carbocycles. The van der Waals surface area contributed by atoms with E-state index in [1.54, 1.807) is 0 Å². The number of nitrogens with zero attached hydrogens (tertiary/aromatic N) is 3. The smallest absolute Gasteiger partial charge is 0.226 e. The second-order valence-electron chi connectivity index (χ2n) is 4.61. The maximum atomic E-state index is 5.28. The predicted octanol–water partition coefficient (Wildman–Crippen LogP) is 2.87. The molecule has 2 heterocycles. The Balaban J connectivity index is 1.93. The third-order valence-electron chi connectivity index (χ3n) is 3.31. The molecular weight excluding hydrogens is 244 g/mol. The fourth-order valence-corrected chi connectivity index (χ4v) is 2.67. The number of rotatable bonds is 3. The van der Waals surface area contributed by atoms with E-state index in [-0.39, 0.29) is 0 Å². The number of hydrogen-bond acceptors (Lipinski definition) is 3. The summed E-state index contributed by atoms with van der Waals surface area (Å²) < 4.78 is 2.80. The summed E-state index contributed by atoms with van der Waals surface area (Å²) in [6.45, 7) is 4.90. The van der Waals surface area contributed by atoms with E-state index in [0.29, 0.717) is 4.77 Å². The molecule has 0 aliphatic carbocycles. The zero-order valence-electron chi connectivity index (χ0n) is 10.4. The molecule has 0 radical (unpaired) electrons. The number of hydrogen-bond donors (Lipinski definition) is 1. The molecule has 4 nitrogen and oxygen atoms in total. The first-order valence-corrected chi connectivity index (χ1v) is 6.67. The van der Waals surface area contributed by atoms with Crippen molar-refractivity contribution in [1.82, 2.24) is 14.8 Å². The quantitative estimate of drug-likeness (QED) is 0.862. The SMILES string of the molecule is CCCn1c(N2Cc3ccccc3C2)n[nH]c1=S. The zero-order chi connectivity index (χ0) is 12.5. The van der Waals surface area contributed by atoms with Gasteiger partial charge in [-0.15, -0.1) is 5.10 Å². The average molecular weight is 260 g/mol. The molecule has 1 aromatic heterocycles. The highest BCUT2D eigenvalue weighted by atomic mass is 32.1. The molecule has 2 aromatic rings. The van der Waals surface area contributed by atoms with Gasteiger partial charge in [-0.2, -0.15) is 0 Å². The molecule has 94 valence electrons. The van der Waals surface area contributed by atoms with E-state index >= 15 is 0 Å². The molecule has 0 unspecified atom stereocenters. The summed E-state index contributed by atoms with van der Waals surface area (Å²) in [5.74, 6) is 0.957. The van der Waals surface area contributed by atoms with Gasteiger partial charge in [-0.25, -0.2) is 5.10 Å². The van der Waals surface area contributed by atoms with Crippen LogP contribution < -0.4 is 4.90 Å². The van der Waals surface area contributed by atoms with Gasteiger partial charge in [0.05, 0.1) is 0 Å². The Morgan fingerprint density at radius 2 is 1.94 bits per heavy atom. The Kier molecular flexibility index (Phi) is 2.91. The molecule has 0 amide bonds. The van der Waals surface area contributed by atoms with Crippen LogP contribution in [-0.2, 0) is 19.6 Å². The summed E-state index contributed by atoms with van der Waals surface area (Å²) in [5.41, 5.74) is 2.77. The first kappa shape index (κ1) is 11.5. The molecular formula is C13H16N4S. The van der Waals surface area contributed by atoms with Crippen molar-refractivity contribution in [1.29, 1.82) is 0 Å². The van der Waals surface area contributed by atoms with Gasteiger partial charge in [0.15, 0.2) is 4.77 Å². The van der Waals surface area contributed by atoms with E-state index in [4.69, 9.17) is 12.2 Å². The van der Waals surface area contributed by atoms with Crippen molar-refractivity contribution in [3.8, 4) is 0 Å². The predicted molar refractivity (Wildman–Crippen MR) is 74.0 cm³/mol. The molecule has 0 atom stereocenters. The van der Waals surface area contributed by atoms with Gasteiger partial charge in [-0.05, 0) is 29.8 Å². The van der Waals surface area contributed by atoms with Crippen molar-refractivity contribution >= 4 is 18.2 Å². The van der Waals surface area contributed by atoms with E-state index in [1.807, 2.05) is 0 Å². The number of nitrogens with one attached hydrogen (secondary N) is 1. The van der Waals surface area contributed by atoms with Gasteiger partial charge >= 0.3 is 0 Å². The van der Waals surface area contributed by atoms with Crippen LogP contribution in [0.4, 0.5) is 5.95 Å². The average Bonchev–Trinajstić information content (AvgIpc) is 2.94. The summed E-state index contributed by atoms with van der Waals surface area (Å²) in [6, 6.07) is 8.54. The lowest BCUT2D eigenvalue weighted by atomic mass is 10.1. The summed E-state index contributed by atoms with van der Waals surface area (Å²) >= 11 is 5.28. The van der Waals surface area contributed by atoms with Gasteiger partial charge < -0.3 is 4.90 Å². The molecule has 3 rings (SSSR count). The monoisotopic (exact) mass is 260 g/mol. The van der Waals surface area contributed by atoms with Gasteiger partial charge in [0, 0.05) is 19.6 Å². The minimum absolute atomic E-state index is 0.711. The van der Waals surface area contributed by atoms with E-state index in [1.165, 1.54) is 11.1 Å². The topological polar surface area (TPSA) is 36.9 Å². The third-order valence-corrected chi connectivity index (χ3v) is 3.62. The van der Waals surface area contributed by atoms with Crippen LogP contribution in [0.5, 0.6) is 0 Å². The number of benzene rings is 1. The fourth-order valence-electron chi connectivity index (χ4n) is 2.45. The standard InChI is InChI=1S/C13H16N4S/c1-2-7-17-12(14-15-13(17)18)16-8-10-5-3-4-6-11(10)9-16/h3-6H,2,7-9H2,1H3,(H,15,18). The van der Waals surface area contributed by atoms with Gasteiger partial charge in [0.1, 0.15) is 0 Å². The number of H-pyrrole nitrogens is 1. The van der Waals surface area contributed by atoms with Crippen LogP contribution in [-0.4, -0.2) is 14.8 Å². The zero-order valence-corrected chi connectivity index (χ0v) is 11.2. The first-order valence-electron chi connectivity index (χ1n) is 6.26. The number of aromatic amines is 1. The van der Waals surface area contributed by atoms with Crippen LogP contribution in [0.2, 0.25) is 0 Å². The molecule has 0 saturated carbocycles. The van der Waals surface area contributed by atoms with Crippen molar-refractivity contribution < 1.29 is 0 Å². The minimum atomic E-state index is 0.711. The number of aromatic nitrogens is 3. The van der Waals surface area contributed by atoms with Crippen LogP contribution in [0.25, 0.3) is 0 Å². The minimum Gasteiger partial charge on any atom is -0.332 e. The maximum Gasteiger partial charge on any atom is 0.226 e. The highest BCUT2D eigenvalue weighted by molar-refractivity contribution is 7.71. The Bertz CT molecular complexity index is 588. The van der Waals surface area contributed by atoms with Crippen molar-refractivity contribution in [3.05, 3.63) is 40.2 Å². The molecule has 1 aliphatic rings. The Morgan fingerprint density at radius 1 is 1.28 bits per heavy atom. The second-order valence-corrected chi connectivity index (χ2v) is 4.99. The molecule has 18 heavy (non-hydrogen) atoms. The normalized spacial score (nSPS) is 13.9. The van der Waals surface area contributed by atoms with Crippen LogP contribution in [0.15, 0.2) is 24.3 Å². The molecule has 0 saturated heterocycles. The van der Waals surface area contributed by atoms with Crippen molar-refractivity contribution in [2.75, 3.05) is 4.90 Å². The summed E-state index contributed by atoms with van der Waals surface area (Å²) in [5, 5.41) is 7.27. The highest BCUT2D eigenvalue weighted by Crippen LogP contribution is 2.26. The third kappa shape index (κ3) is 1.84. The first-order chi connectivity index (χ1) is 8.79. The molecule has 1 N–H and O–H groups in total. The molecule has 0 bridgehead atoms. The van der Waals surface area contributed by atoms with E-state index in [0.717, 1.165) is 32.0 Å². The van der Waals surface area contributed by atoms with Crippen molar-refractivity contribution in [2.24, 2.45) is 0 Å². The lowest BCUT2D eigenvalue weighted by molar-refractivity contribution is 0.648. The van der Waals surface area contributed by atoms with E-state index in [9.17, 15) is 0 Å². The van der Waals surface area contributed by atoms with Gasteiger partial charge in [0.25, 0.3) is 0 Å². The van der Waals surface area contributed by atoms with E-state index < -0.39 is 0 Å². The van der Waals surface area contributed by atoms with Gasteiger partial charge in [-0.3, -0.25) is 4.57 Å². The summed E-state index contributed by atoms with van der Waals surface area (Å²) in [6.07, 6.45) is 1.06. The van der Waals surface area contributed by atoms with Crippen LogP contribution >= 0.6 is 12.2 Å². The largest absolute Gasteiger partial charge is 0.332 e. The lowest BCUT2D eigenvalue weighted by Gasteiger charge is -2.17. The van der Waals surface area contributed by atoms with E-state index in [2.05, 4.69) is 50.9 Å². The van der Waals surface area contributed by atoms with Crippen LogP contribution in [0.3, 0.4) is 0 Å². The molecule has 1 aliphatic heterocycles. The number of anilines is 1. The molecule has 5 heteroatoms. The summed E-state index contributed by atoms with van der Waals surface area (Å²) in [7, 11) is 0. The molecule has 0 spiro atoms. The second kappa shape index (κ2) is 4.57.